The van der Waals surface area contributed by atoms with Crippen molar-refractivity contribution in [3.63, 3.8) is 0 Å². The molecule has 0 bridgehead atoms. The third-order valence-electron chi connectivity index (χ3n) is 4.07. The fourth-order valence-electron chi connectivity index (χ4n) is 2.84. The van der Waals surface area contributed by atoms with E-state index in [1.54, 1.807) is 0 Å². The van der Waals surface area contributed by atoms with Gasteiger partial charge in [0.2, 0.25) is 0 Å². The highest BCUT2D eigenvalue weighted by atomic mass is 32.1. The summed E-state index contributed by atoms with van der Waals surface area (Å²) in [5.74, 6) is 0.267. The highest BCUT2D eigenvalue weighted by Gasteiger charge is 2.29. The lowest BCUT2D eigenvalue weighted by molar-refractivity contribution is 0.0923. The highest BCUT2D eigenvalue weighted by molar-refractivity contribution is 7.08. The van der Waals surface area contributed by atoms with E-state index in [1.165, 1.54) is 22.7 Å². The fourth-order valence-corrected chi connectivity index (χ4v) is 4.11. The normalized spacial score (nSPS) is 20.7. The molecule has 3 rings (SSSR count). The van der Waals surface area contributed by atoms with Gasteiger partial charge in [0.25, 0.3) is 11.8 Å². The zero-order valence-corrected chi connectivity index (χ0v) is 13.7. The van der Waals surface area contributed by atoms with Gasteiger partial charge in [-0.1, -0.05) is 6.42 Å². The minimum atomic E-state index is -0.0314. The van der Waals surface area contributed by atoms with Crippen LogP contribution in [0.25, 0.3) is 0 Å². The molecular formula is C16H18N2O2S2. The van der Waals surface area contributed by atoms with Gasteiger partial charge in [0.1, 0.15) is 0 Å². The lowest BCUT2D eigenvalue weighted by Gasteiger charge is -2.21. The maximum atomic E-state index is 12.1. The summed E-state index contributed by atoms with van der Waals surface area (Å²) < 4.78 is 0. The van der Waals surface area contributed by atoms with Crippen LogP contribution < -0.4 is 10.6 Å². The Balaban J connectivity index is 1.52. The summed E-state index contributed by atoms with van der Waals surface area (Å²) in [6.07, 6.45) is 3.11. The topological polar surface area (TPSA) is 58.2 Å². The van der Waals surface area contributed by atoms with Crippen LogP contribution in [0.1, 0.15) is 40.0 Å². The molecule has 2 aromatic rings. The van der Waals surface area contributed by atoms with Gasteiger partial charge < -0.3 is 10.6 Å². The molecule has 6 heteroatoms. The van der Waals surface area contributed by atoms with Crippen molar-refractivity contribution in [1.82, 2.24) is 10.6 Å². The van der Waals surface area contributed by atoms with Gasteiger partial charge in [-0.25, -0.2) is 0 Å². The molecule has 2 amide bonds. The Labute approximate surface area is 137 Å². The Hall–Kier alpha value is -1.66. The van der Waals surface area contributed by atoms with Crippen LogP contribution >= 0.6 is 22.7 Å². The molecule has 0 unspecified atom stereocenters. The Kier molecular flexibility index (Phi) is 4.90. The maximum Gasteiger partial charge on any atom is 0.252 e. The Morgan fingerprint density at radius 3 is 2.36 bits per heavy atom. The number of hydrogen-bond acceptors (Lipinski definition) is 4. The zero-order chi connectivity index (χ0) is 15.4. The van der Waals surface area contributed by atoms with E-state index in [-0.39, 0.29) is 17.9 Å². The molecule has 0 aliphatic heterocycles. The van der Waals surface area contributed by atoms with Crippen molar-refractivity contribution < 1.29 is 9.59 Å². The van der Waals surface area contributed by atoms with Crippen LogP contribution in [0.15, 0.2) is 33.7 Å². The summed E-state index contributed by atoms with van der Waals surface area (Å²) in [5.41, 5.74) is 1.43. The molecule has 2 heterocycles. The van der Waals surface area contributed by atoms with Crippen LogP contribution in [0.4, 0.5) is 0 Å². The number of hydrogen-bond donors (Lipinski definition) is 2. The minimum absolute atomic E-state index is 0.0117. The molecule has 1 aliphatic rings. The van der Waals surface area contributed by atoms with Crippen molar-refractivity contribution in [3.8, 4) is 0 Å². The van der Waals surface area contributed by atoms with E-state index in [0.29, 0.717) is 18.0 Å². The Morgan fingerprint density at radius 1 is 1.05 bits per heavy atom. The first kappa shape index (κ1) is 15.2. The summed E-state index contributed by atoms with van der Waals surface area (Å²) in [5, 5.41) is 13.6. The van der Waals surface area contributed by atoms with Gasteiger partial charge in [-0.15, -0.1) is 0 Å². The second-order valence-electron chi connectivity index (χ2n) is 5.51. The molecular weight excluding hydrogens is 316 g/mol. The van der Waals surface area contributed by atoms with Gasteiger partial charge in [0.05, 0.1) is 0 Å². The highest BCUT2D eigenvalue weighted by Crippen LogP contribution is 2.25. The Bertz CT molecular complexity index is 623. The number of amides is 2. The SMILES string of the molecule is O=C(NC[C@@H]1CCC[C@H]1NC(=O)c1ccsc1)c1ccsc1. The summed E-state index contributed by atoms with van der Waals surface area (Å²) in [6.45, 7) is 0.614. The summed E-state index contributed by atoms with van der Waals surface area (Å²) in [4.78, 5) is 24.1. The van der Waals surface area contributed by atoms with Gasteiger partial charge in [-0.3, -0.25) is 9.59 Å². The molecule has 4 nitrogen and oxygen atoms in total. The van der Waals surface area contributed by atoms with Gasteiger partial charge in [0.15, 0.2) is 0 Å². The molecule has 0 aromatic carbocycles. The predicted molar refractivity (Wildman–Crippen MR) is 89.6 cm³/mol. The molecule has 1 saturated carbocycles. The molecule has 2 N–H and O–H groups in total. The fraction of sp³-hybridized carbons (Fsp3) is 0.375. The first-order chi connectivity index (χ1) is 10.7. The largest absolute Gasteiger partial charge is 0.352 e. The van der Waals surface area contributed by atoms with Crippen molar-refractivity contribution in [2.24, 2.45) is 5.92 Å². The Morgan fingerprint density at radius 2 is 1.73 bits per heavy atom. The molecule has 1 aliphatic carbocycles. The average molecular weight is 334 g/mol. The standard InChI is InChI=1S/C16H18N2O2S2/c19-15(12-4-6-21-9-12)17-8-11-2-1-3-14(11)18-16(20)13-5-7-22-10-13/h4-7,9-11,14H,1-3,8H2,(H,17,19)(H,18,20)/t11-,14+/m0/s1. The van der Waals surface area contributed by atoms with Gasteiger partial charge >= 0.3 is 0 Å². The first-order valence-corrected chi connectivity index (χ1v) is 9.26. The van der Waals surface area contributed by atoms with E-state index in [9.17, 15) is 9.59 Å². The zero-order valence-electron chi connectivity index (χ0n) is 12.1. The van der Waals surface area contributed by atoms with Crippen LogP contribution in [-0.2, 0) is 0 Å². The quantitative estimate of drug-likeness (QED) is 0.882. The molecule has 1 fully saturated rings. The van der Waals surface area contributed by atoms with Gasteiger partial charge in [0, 0.05) is 34.5 Å². The van der Waals surface area contributed by atoms with Gasteiger partial charge in [-0.05, 0) is 41.7 Å². The van der Waals surface area contributed by atoms with Crippen molar-refractivity contribution in [2.75, 3.05) is 6.54 Å². The van der Waals surface area contributed by atoms with E-state index in [0.717, 1.165) is 24.8 Å². The van der Waals surface area contributed by atoms with E-state index in [4.69, 9.17) is 0 Å². The second-order valence-corrected chi connectivity index (χ2v) is 7.07. The predicted octanol–water partition coefficient (Wildman–Crippen LogP) is 3.14. The van der Waals surface area contributed by atoms with Crippen LogP contribution in [-0.4, -0.2) is 24.4 Å². The van der Waals surface area contributed by atoms with E-state index in [1.807, 2.05) is 33.7 Å². The summed E-state index contributed by atoms with van der Waals surface area (Å²) in [6, 6.07) is 3.81. The van der Waals surface area contributed by atoms with Crippen molar-refractivity contribution in [2.45, 2.75) is 25.3 Å². The van der Waals surface area contributed by atoms with Crippen molar-refractivity contribution >= 4 is 34.5 Å². The van der Waals surface area contributed by atoms with Crippen LogP contribution in [0.2, 0.25) is 0 Å². The number of carbonyl (C=O) groups is 2. The van der Waals surface area contributed by atoms with Gasteiger partial charge in [-0.2, -0.15) is 22.7 Å². The average Bonchev–Trinajstić information content (AvgIpc) is 3.26. The maximum absolute atomic E-state index is 12.1. The molecule has 22 heavy (non-hydrogen) atoms. The van der Waals surface area contributed by atoms with Crippen molar-refractivity contribution in [1.29, 1.82) is 0 Å². The van der Waals surface area contributed by atoms with E-state index >= 15 is 0 Å². The molecule has 2 atom stereocenters. The number of carbonyl (C=O) groups excluding carboxylic acids is 2. The lowest BCUT2D eigenvalue weighted by atomic mass is 10.0. The first-order valence-electron chi connectivity index (χ1n) is 7.37. The third kappa shape index (κ3) is 3.56. The van der Waals surface area contributed by atoms with Crippen LogP contribution in [0.3, 0.4) is 0 Å². The summed E-state index contributed by atoms with van der Waals surface area (Å²) >= 11 is 3.04. The summed E-state index contributed by atoms with van der Waals surface area (Å²) in [7, 11) is 0. The molecule has 0 spiro atoms. The number of nitrogens with one attached hydrogen (secondary N) is 2. The number of rotatable bonds is 5. The van der Waals surface area contributed by atoms with Crippen LogP contribution in [0.5, 0.6) is 0 Å². The molecule has 0 saturated heterocycles. The molecule has 2 aromatic heterocycles. The minimum Gasteiger partial charge on any atom is -0.352 e. The monoisotopic (exact) mass is 334 g/mol. The van der Waals surface area contributed by atoms with E-state index in [2.05, 4.69) is 10.6 Å². The van der Waals surface area contributed by atoms with Crippen LogP contribution in [0, 0.1) is 5.92 Å². The van der Waals surface area contributed by atoms with Crippen molar-refractivity contribution in [3.05, 3.63) is 44.8 Å². The van der Waals surface area contributed by atoms with E-state index < -0.39 is 0 Å². The smallest absolute Gasteiger partial charge is 0.252 e. The molecule has 116 valence electrons. The molecule has 0 radical (unpaired) electrons. The second kappa shape index (κ2) is 7.07. The number of thiophene rings is 2. The third-order valence-corrected chi connectivity index (χ3v) is 5.43. The lowest BCUT2D eigenvalue weighted by Crippen LogP contribution is -2.41.